The van der Waals surface area contributed by atoms with Crippen LogP contribution in [0.4, 0.5) is 5.69 Å². The quantitative estimate of drug-likeness (QED) is 0.430. The number of benzene rings is 2. The Balaban J connectivity index is 1.61. The van der Waals surface area contributed by atoms with Gasteiger partial charge in [0.15, 0.2) is 0 Å². The zero-order chi connectivity index (χ0) is 19.8. The molecular formula is C23H16Cl2N4. The van der Waals surface area contributed by atoms with Gasteiger partial charge in [-0.1, -0.05) is 47.5 Å². The van der Waals surface area contributed by atoms with Gasteiger partial charge in [0.1, 0.15) is 5.82 Å². The van der Waals surface area contributed by atoms with E-state index in [0.717, 1.165) is 39.4 Å². The average molecular weight is 419 g/mol. The summed E-state index contributed by atoms with van der Waals surface area (Å²) < 4.78 is 0. The summed E-state index contributed by atoms with van der Waals surface area (Å²) in [4.78, 5) is 14.9. The summed E-state index contributed by atoms with van der Waals surface area (Å²) in [7, 11) is 0. The van der Waals surface area contributed by atoms with E-state index < -0.39 is 0 Å². The summed E-state index contributed by atoms with van der Waals surface area (Å²) in [5.74, 6) is 0.792. The molecule has 1 aliphatic rings. The maximum absolute atomic E-state index is 6.17. The fourth-order valence-electron chi connectivity index (χ4n) is 3.43. The molecule has 2 aromatic heterocycles. The molecule has 0 unspecified atom stereocenters. The number of anilines is 1. The van der Waals surface area contributed by atoms with Crippen LogP contribution in [0.3, 0.4) is 0 Å². The monoisotopic (exact) mass is 418 g/mol. The van der Waals surface area contributed by atoms with Gasteiger partial charge in [0.05, 0.1) is 33.3 Å². The standard InChI is InChI=1S/C23H16Cl2N4/c24-18-11-21-22(12-19(18)25)28-23(27-21)16-10-15(20-8-4-5-9-26-20)13-29(14-16)17-6-2-1-3-7-17/h1-13H,14H2,(H,27,28). The second-order valence-corrected chi connectivity index (χ2v) is 7.62. The summed E-state index contributed by atoms with van der Waals surface area (Å²) >= 11 is 12.3. The molecule has 5 rings (SSSR count). The van der Waals surface area contributed by atoms with E-state index in [1.165, 1.54) is 0 Å². The van der Waals surface area contributed by atoms with Gasteiger partial charge >= 0.3 is 0 Å². The van der Waals surface area contributed by atoms with Gasteiger partial charge in [0.25, 0.3) is 0 Å². The van der Waals surface area contributed by atoms with Crippen LogP contribution < -0.4 is 4.90 Å². The number of nitrogens with zero attached hydrogens (tertiary/aromatic N) is 3. The lowest BCUT2D eigenvalue weighted by Crippen LogP contribution is -2.22. The lowest BCUT2D eigenvalue weighted by molar-refractivity contribution is 1.06. The predicted molar refractivity (Wildman–Crippen MR) is 120 cm³/mol. The molecule has 0 saturated carbocycles. The van der Waals surface area contributed by atoms with Crippen LogP contribution in [0.25, 0.3) is 22.2 Å². The average Bonchev–Trinajstić information content (AvgIpc) is 3.18. The van der Waals surface area contributed by atoms with Crippen LogP contribution in [0, 0.1) is 0 Å². The Labute approximate surface area is 178 Å². The molecule has 0 spiro atoms. The van der Waals surface area contributed by atoms with Gasteiger partial charge in [-0.2, -0.15) is 0 Å². The zero-order valence-corrected chi connectivity index (χ0v) is 16.8. The van der Waals surface area contributed by atoms with Crippen LogP contribution in [-0.4, -0.2) is 21.5 Å². The first-order valence-corrected chi connectivity index (χ1v) is 9.93. The second-order valence-electron chi connectivity index (χ2n) is 6.80. The topological polar surface area (TPSA) is 44.8 Å². The van der Waals surface area contributed by atoms with E-state index in [4.69, 9.17) is 28.2 Å². The highest BCUT2D eigenvalue weighted by atomic mass is 35.5. The van der Waals surface area contributed by atoms with Gasteiger partial charge < -0.3 is 9.88 Å². The van der Waals surface area contributed by atoms with Crippen molar-refractivity contribution < 1.29 is 0 Å². The number of para-hydroxylation sites is 1. The molecule has 0 radical (unpaired) electrons. The van der Waals surface area contributed by atoms with Crippen LogP contribution in [-0.2, 0) is 0 Å². The molecule has 6 heteroatoms. The molecule has 4 nitrogen and oxygen atoms in total. The molecule has 3 heterocycles. The van der Waals surface area contributed by atoms with Crippen LogP contribution in [0.15, 0.2) is 79.1 Å². The van der Waals surface area contributed by atoms with Crippen LogP contribution in [0.1, 0.15) is 11.5 Å². The van der Waals surface area contributed by atoms with Crippen LogP contribution >= 0.6 is 23.2 Å². The molecule has 2 aromatic carbocycles. The number of imidazole rings is 1. The molecule has 0 aliphatic carbocycles. The van der Waals surface area contributed by atoms with E-state index in [2.05, 4.69) is 39.3 Å². The van der Waals surface area contributed by atoms with Gasteiger partial charge in [-0.05, 0) is 42.5 Å². The molecule has 0 amide bonds. The fraction of sp³-hybridized carbons (Fsp3) is 0.0435. The zero-order valence-electron chi connectivity index (χ0n) is 15.3. The van der Waals surface area contributed by atoms with Gasteiger partial charge in [-0.15, -0.1) is 0 Å². The fourth-order valence-corrected chi connectivity index (χ4v) is 3.75. The molecule has 142 valence electrons. The Hall–Kier alpha value is -3.08. The summed E-state index contributed by atoms with van der Waals surface area (Å²) in [6.45, 7) is 0.682. The van der Waals surface area contributed by atoms with Crippen molar-refractivity contribution in [3.63, 3.8) is 0 Å². The van der Waals surface area contributed by atoms with E-state index in [0.29, 0.717) is 16.6 Å². The maximum Gasteiger partial charge on any atom is 0.136 e. The largest absolute Gasteiger partial charge is 0.343 e. The number of pyridine rings is 1. The number of halogens is 2. The number of aromatic nitrogens is 3. The van der Waals surface area contributed by atoms with Gasteiger partial charge in [0.2, 0.25) is 0 Å². The van der Waals surface area contributed by atoms with Crippen molar-refractivity contribution in [1.29, 1.82) is 0 Å². The summed E-state index contributed by atoms with van der Waals surface area (Å²) in [5, 5.41) is 1.00. The molecule has 4 aromatic rings. The number of aromatic amines is 1. The minimum Gasteiger partial charge on any atom is -0.343 e. The van der Waals surface area contributed by atoms with Crippen molar-refractivity contribution in [2.24, 2.45) is 0 Å². The number of fused-ring (bicyclic) bond motifs is 1. The molecule has 0 bridgehead atoms. The highest BCUT2D eigenvalue weighted by Crippen LogP contribution is 2.32. The number of nitrogens with one attached hydrogen (secondary N) is 1. The Bertz CT molecular complexity index is 1210. The van der Waals surface area contributed by atoms with Gasteiger partial charge in [-0.25, -0.2) is 4.98 Å². The SMILES string of the molecule is Clc1cc2nc(C3=CC(c4ccccn4)=CN(c4ccccc4)C3)[nH]c2cc1Cl. The second kappa shape index (κ2) is 7.39. The molecular weight excluding hydrogens is 403 g/mol. The lowest BCUT2D eigenvalue weighted by Gasteiger charge is -2.26. The van der Waals surface area contributed by atoms with Crippen molar-refractivity contribution >= 4 is 51.1 Å². The number of rotatable bonds is 3. The number of allylic oxidation sites excluding steroid dienone is 2. The van der Waals surface area contributed by atoms with E-state index in [-0.39, 0.29) is 0 Å². The lowest BCUT2D eigenvalue weighted by atomic mass is 10.0. The number of hydrogen-bond acceptors (Lipinski definition) is 3. The first-order chi connectivity index (χ1) is 14.2. The Morgan fingerprint density at radius 1 is 0.931 bits per heavy atom. The Morgan fingerprint density at radius 3 is 2.52 bits per heavy atom. The Kier molecular flexibility index (Phi) is 4.58. The van der Waals surface area contributed by atoms with Crippen molar-refractivity contribution in [2.45, 2.75) is 0 Å². The third-order valence-electron chi connectivity index (χ3n) is 4.84. The molecule has 0 saturated heterocycles. The van der Waals surface area contributed by atoms with E-state index in [1.807, 2.05) is 42.5 Å². The number of H-pyrrole nitrogens is 1. The number of hydrogen-bond donors (Lipinski definition) is 1. The molecule has 1 N–H and O–H groups in total. The van der Waals surface area contributed by atoms with Crippen molar-refractivity contribution in [3.05, 3.63) is 101 Å². The van der Waals surface area contributed by atoms with Gasteiger partial charge in [0, 0.05) is 29.2 Å². The first-order valence-electron chi connectivity index (χ1n) is 9.18. The summed E-state index contributed by atoms with van der Waals surface area (Å²) in [6, 6.07) is 19.8. The summed E-state index contributed by atoms with van der Waals surface area (Å²) in [5.41, 5.74) is 5.74. The molecule has 0 atom stereocenters. The highest BCUT2D eigenvalue weighted by Gasteiger charge is 2.19. The molecule has 1 aliphatic heterocycles. The third kappa shape index (κ3) is 3.53. The maximum atomic E-state index is 6.17. The van der Waals surface area contributed by atoms with Gasteiger partial charge in [-0.3, -0.25) is 4.98 Å². The third-order valence-corrected chi connectivity index (χ3v) is 5.56. The summed E-state index contributed by atoms with van der Waals surface area (Å²) in [6.07, 6.45) is 6.05. The van der Waals surface area contributed by atoms with E-state index in [9.17, 15) is 0 Å². The molecule has 0 fully saturated rings. The Morgan fingerprint density at radius 2 is 1.72 bits per heavy atom. The van der Waals surface area contributed by atoms with Crippen LogP contribution in [0.2, 0.25) is 10.0 Å². The highest BCUT2D eigenvalue weighted by molar-refractivity contribution is 6.42. The van der Waals surface area contributed by atoms with Crippen LogP contribution in [0.5, 0.6) is 0 Å². The van der Waals surface area contributed by atoms with E-state index in [1.54, 1.807) is 12.3 Å². The van der Waals surface area contributed by atoms with Crippen molar-refractivity contribution in [2.75, 3.05) is 11.4 Å². The van der Waals surface area contributed by atoms with Crippen molar-refractivity contribution in [3.8, 4) is 0 Å². The molecule has 29 heavy (non-hydrogen) atoms. The predicted octanol–water partition coefficient (Wildman–Crippen LogP) is 6.21. The first kappa shape index (κ1) is 18.0. The normalized spacial score (nSPS) is 14.1. The minimum absolute atomic E-state index is 0.495. The smallest absolute Gasteiger partial charge is 0.136 e. The van der Waals surface area contributed by atoms with Crippen molar-refractivity contribution in [1.82, 2.24) is 15.0 Å². The minimum atomic E-state index is 0.495. The van der Waals surface area contributed by atoms with E-state index >= 15 is 0 Å².